The molecule has 1 aromatic heterocycles. The molecule has 3 aromatic carbocycles. The summed E-state index contributed by atoms with van der Waals surface area (Å²) in [6.45, 7) is 2.52. The molecule has 1 unspecified atom stereocenters. The molecule has 1 amide bonds. The summed E-state index contributed by atoms with van der Waals surface area (Å²) < 4.78 is 6.87. The summed E-state index contributed by atoms with van der Waals surface area (Å²) in [6.07, 6.45) is 0. The van der Waals surface area contributed by atoms with E-state index in [-0.39, 0.29) is 17.7 Å². The number of thioether (sulfide) groups is 1. The molecule has 4 aromatic rings. The first-order chi connectivity index (χ1) is 15.1. The Balaban J connectivity index is 1.36. The molecular formula is C23H23N5O2S. The lowest BCUT2D eigenvalue weighted by Gasteiger charge is -2.16. The number of carbonyl (C=O) groups is 1. The largest absolute Gasteiger partial charge is 0.497 e. The van der Waals surface area contributed by atoms with Crippen LogP contribution in [-0.4, -0.2) is 39.0 Å². The van der Waals surface area contributed by atoms with Crippen molar-refractivity contribution < 1.29 is 9.53 Å². The highest BCUT2D eigenvalue weighted by molar-refractivity contribution is 7.99. The van der Waals surface area contributed by atoms with E-state index in [4.69, 9.17) is 4.74 Å². The van der Waals surface area contributed by atoms with E-state index < -0.39 is 0 Å². The number of rotatable bonds is 8. The lowest BCUT2D eigenvalue weighted by molar-refractivity contribution is -0.119. The lowest BCUT2D eigenvalue weighted by Crippen LogP contribution is -2.28. The molecule has 8 heteroatoms. The van der Waals surface area contributed by atoms with Crippen LogP contribution >= 0.6 is 11.8 Å². The van der Waals surface area contributed by atoms with Crippen molar-refractivity contribution in [1.82, 2.24) is 25.5 Å². The Morgan fingerprint density at radius 2 is 1.87 bits per heavy atom. The number of aromatic nitrogens is 4. The molecule has 31 heavy (non-hydrogen) atoms. The molecule has 0 radical (unpaired) electrons. The number of hydrogen-bond donors (Lipinski definition) is 1. The van der Waals surface area contributed by atoms with Gasteiger partial charge >= 0.3 is 0 Å². The standard InChI is InChI=1S/C23H23N5O2S/c1-16(20-9-5-7-18-6-3-4-8-21(18)20)24-22(29)15-31-23-25-26-27-28(23)14-17-10-12-19(30-2)13-11-17/h3-13,16H,14-15H2,1-2H3,(H,24,29). The van der Waals surface area contributed by atoms with E-state index in [0.717, 1.165) is 27.6 Å². The number of hydrogen-bond acceptors (Lipinski definition) is 6. The van der Waals surface area contributed by atoms with Gasteiger partial charge in [0.05, 0.1) is 25.4 Å². The van der Waals surface area contributed by atoms with Crippen LogP contribution in [0.4, 0.5) is 0 Å². The van der Waals surface area contributed by atoms with E-state index in [1.165, 1.54) is 11.8 Å². The lowest BCUT2D eigenvalue weighted by atomic mass is 10.00. The maximum atomic E-state index is 12.6. The summed E-state index contributed by atoms with van der Waals surface area (Å²) in [5.41, 5.74) is 2.14. The van der Waals surface area contributed by atoms with E-state index in [0.29, 0.717) is 11.7 Å². The Morgan fingerprint density at radius 1 is 1.10 bits per heavy atom. The van der Waals surface area contributed by atoms with Crippen LogP contribution < -0.4 is 10.1 Å². The minimum atomic E-state index is -0.102. The first-order valence-corrected chi connectivity index (χ1v) is 10.9. The molecule has 0 bridgehead atoms. The minimum absolute atomic E-state index is 0.0653. The van der Waals surface area contributed by atoms with Crippen LogP contribution in [0.3, 0.4) is 0 Å². The summed E-state index contributed by atoms with van der Waals surface area (Å²) >= 11 is 1.32. The fourth-order valence-electron chi connectivity index (χ4n) is 3.42. The van der Waals surface area contributed by atoms with Crippen molar-refractivity contribution in [1.29, 1.82) is 0 Å². The third kappa shape index (κ3) is 5.03. The van der Waals surface area contributed by atoms with E-state index in [1.54, 1.807) is 11.8 Å². The van der Waals surface area contributed by atoms with Gasteiger partial charge < -0.3 is 10.1 Å². The Morgan fingerprint density at radius 3 is 2.68 bits per heavy atom. The molecular weight excluding hydrogens is 410 g/mol. The molecule has 1 heterocycles. The van der Waals surface area contributed by atoms with E-state index in [9.17, 15) is 4.79 Å². The Hall–Kier alpha value is -3.39. The number of carbonyl (C=O) groups excluding carboxylic acids is 1. The average molecular weight is 434 g/mol. The normalized spacial score (nSPS) is 11.9. The van der Waals surface area contributed by atoms with Gasteiger partial charge in [0.1, 0.15) is 5.75 Å². The summed E-state index contributed by atoms with van der Waals surface area (Å²) in [6, 6.07) is 21.9. The van der Waals surface area contributed by atoms with Crippen LogP contribution in [0.5, 0.6) is 5.75 Å². The van der Waals surface area contributed by atoms with Crippen molar-refractivity contribution in [2.45, 2.75) is 24.7 Å². The van der Waals surface area contributed by atoms with Gasteiger partial charge in [-0.25, -0.2) is 4.68 Å². The monoisotopic (exact) mass is 433 g/mol. The van der Waals surface area contributed by atoms with Crippen LogP contribution in [-0.2, 0) is 11.3 Å². The van der Waals surface area contributed by atoms with Crippen molar-refractivity contribution >= 4 is 28.4 Å². The summed E-state index contributed by atoms with van der Waals surface area (Å²) in [5.74, 6) is 0.967. The van der Waals surface area contributed by atoms with Gasteiger partial charge in [-0.2, -0.15) is 0 Å². The zero-order valence-corrected chi connectivity index (χ0v) is 18.2. The predicted molar refractivity (Wildman–Crippen MR) is 121 cm³/mol. The van der Waals surface area contributed by atoms with Gasteiger partial charge in [0.15, 0.2) is 0 Å². The van der Waals surface area contributed by atoms with Gasteiger partial charge in [-0.3, -0.25) is 4.79 Å². The van der Waals surface area contributed by atoms with E-state index >= 15 is 0 Å². The number of ether oxygens (including phenoxy) is 1. The molecule has 0 saturated heterocycles. The van der Waals surface area contributed by atoms with Crippen LogP contribution in [0, 0.1) is 0 Å². The highest BCUT2D eigenvalue weighted by atomic mass is 32.2. The van der Waals surface area contributed by atoms with Crippen molar-refractivity contribution in [3.63, 3.8) is 0 Å². The molecule has 0 saturated carbocycles. The third-order valence-corrected chi connectivity index (χ3v) is 5.95. The van der Waals surface area contributed by atoms with Crippen molar-refractivity contribution in [3.05, 3.63) is 77.9 Å². The smallest absolute Gasteiger partial charge is 0.230 e. The molecule has 158 valence electrons. The highest BCUT2D eigenvalue weighted by Crippen LogP contribution is 2.24. The molecule has 1 atom stereocenters. The van der Waals surface area contributed by atoms with Gasteiger partial charge in [0.25, 0.3) is 0 Å². The second-order valence-corrected chi connectivity index (χ2v) is 8.06. The summed E-state index contributed by atoms with van der Waals surface area (Å²) in [7, 11) is 1.64. The zero-order chi connectivity index (χ0) is 21.6. The molecule has 0 aliphatic rings. The Kier molecular flexibility index (Phi) is 6.47. The zero-order valence-electron chi connectivity index (χ0n) is 17.4. The van der Waals surface area contributed by atoms with E-state index in [2.05, 4.69) is 45.1 Å². The Labute approximate surface area is 184 Å². The number of nitrogens with one attached hydrogen (secondary N) is 1. The SMILES string of the molecule is COc1ccc(Cn2nnnc2SCC(=O)NC(C)c2cccc3ccccc23)cc1. The highest BCUT2D eigenvalue weighted by Gasteiger charge is 2.15. The van der Waals surface area contributed by atoms with Gasteiger partial charge in [0, 0.05) is 0 Å². The molecule has 0 spiro atoms. The van der Waals surface area contributed by atoms with Gasteiger partial charge in [0.2, 0.25) is 11.1 Å². The third-order valence-electron chi connectivity index (χ3n) is 4.99. The number of nitrogens with zero attached hydrogens (tertiary/aromatic N) is 4. The number of tetrazole rings is 1. The molecule has 0 aliphatic heterocycles. The minimum Gasteiger partial charge on any atom is -0.497 e. The van der Waals surface area contributed by atoms with Crippen LogP contribution in [0.1, 0.15) is 24.1 Å². The second-order valence-electron chi connectivity index (χ2n) is 7.11. The summed E-state index contributed by atoms with van der Waals surface area (Å²) in [4.78, 5) is 12.6. The first kappa shape index (κ1) is 20.9. The molecule has 7 nitrogen and oxygen atoms in total. The number of fused-ring (bicyclic) bond motifs is 1. The average Bonchev–Trinajstić information content (AvgIpc) is 3.24. The molecule has 1 N–H and O–H groups in total. The number of benzene rings is 3. The molecule has 0 fully saturated rings. The van der Waals surface area contributed by atoms with Gasteiger partial charge in [-0.1, -0.05) is 66.4 Å². The second kappa shape index (κ2) is 9.61. The molecule has 4 rings (SSSR count). The van der Waals surface area contributed by atoms with Crippen molar-refractivity contribution in [3.8, 4) is 5.75 Å². The van der Waals surface area contributed by atoms with Gasteiger partial charge in [-0.15, -0.1) is 5.10 Å². The van der Waals surface area contributed by atoms with Crippen molar-refractivity contribution in [2.75, 3.05) is 12.9 Å². The predicted octanol–water partition coefficient (Wildman–Crippen LogP) is 3.85. The Bertz CT molecular complexity index is 1170. The van der Waals surface area contributed by atoms with Crippen LogP contribution in [0.15, 0.2) is 71.9 Å². The fourth-order valence-corrected chi connectivity index (χ4v) is 4.11. The van der Waals surface area contributed by atoms with Gasteiger partial charge in [-0.05, 0) is 51.4 Å². The quantitative estimate of drug-likeness (QED) is 0.425. The topological polar surface area (TPSA) is 81.9 Å². The number of amides is 1. The number of methoxy groups -OCH3 is 1. The fraction of sp³-hybridized carbons (Fsp3) is 0.217. The molecule has 0 aliphatic carbocycles. The van der Waals surface area contributed by atoms with Crippen LogP contribution in [0.2, 0.25) is 0 Å². The van der Waals surface area contributed by atoms with E-state index in [1.807, 2.05) is 49.4 Å². The summed E-state index contributed by atoms with van der Waals surface area (Å²) in [5, 5.41) is 17.9. The first-order valence-electron chi connectivity index (χ1n) is 9.93. The van der Waals surface area contributed by atoms with Crippen LogP contribution in [0.25, 0.3) is 10.8 Å². The maximum Gasteiger partial charge on any atom is 0.230 e. The van der Waals surface area contributed by atoms with Crippen molar-refractivity contribution in [2.24, 2.45) is 0 Å². The maximum absolute atomic E-state index is 12.6.